The molecule has 0 atom stereocenters. The molecule has 0 aliphatic carbocycles. The van der Waals surface area contributed by atoms with Gasteiger partial charge in [0.15, 0.2) is 0 Å². The Morgan fingerprint density at radius 1 is 0.581 bits per heavy atom. The minimum Gasteiger partial charge on any atom is -0.437 e. The molecule has 0 aliphatic rings. The highest BCUT2D eigenvalue weighted by Crippen LogP contribution is 2.14. The van der Waals surface area contributed by atoms with Gasteiger partial charge in [-0.2, -0.15) is 0 Å². The van der Waals surface area contributed by atoms with E-state index in [2.05, 4.69) is 0 Å². The topological polar surface area (TPSA) is 83.6 Å². The molecule has 3 aromatic rings. The second kappa shape index (κ2) is 7.07. The molecule has 0 saturated heterocycles. The van der Waals surface area contributed by atoms with E-state index in [4.69, 9.17) is 0 Å². The van der Waals surface area contributed by atoms with Crippen molar-refractivity contribution in [3.05, 3.63) is 68.6 Å². The van der Waals surface area contributed by atoms with Gasteiger partial charge in [-0.25, -0.2) is 4.57 Å². The van der Waals surface area contributed by atoms with Gasteiger partial charge in [-0.05, 0) is 80.9 Å². The van der Waals surface area contributed by atoms with Crippen LogP contribution in [0.15, 0.2) is 51.6 Å². The highest BCUT2D eigenvalue weighted by molar-refractivity contribution is 6.53. The van der Waals surface area contributed by atoms with Gasteiger partial charge in [0, 0.05) is 35.2 Å². The predicted octanol–water partition coefficient (Wildman–Crippen LogP) is 1.50. The van der Waals surface area contributed by atoms with E-state index in [0.717, 1.165) is 0 Å². The monoisotopic (exact) mass is 429 g/mol. The van der Waals surface area contributed by atoms with Crippen LogP contribution in [0.5, 0.6) is 0 Å². The SMILES string of the molecule is CC(C)(C)n1ccn([BH-](n2ccn(C(C)(C)C)c2=O)n2ccn(C(C)(C)C)c2=[O+])c1=O. The first kappa shape index (κ1) is 22.8. The third-order valence-corrected chi connectivity index (χ3v) is 5.62. The Balaban J connectivity index is 2.33. The van der Waals surface area contributed by atoms with Gasteiger partial charge in [-0.15, -0.1) is 0 Å². The number of hydrogen-bond donors (Lipinski definition) is 0. The van der Waals surface area contributed by atoms with Crippen LogP contribution in [0.4, 0.5) is 0 Å². The fourth-order valence-electron chi connectivity index (χ4n) is 3.91. The molecule has 0 spiro atoms. The average Bonchev–Trinajstić information content (AvgIpc) is 3.26. The lowest BCUT2D eigenvalue weighted by atomic mass is 9.92. The Bertz CT molecular complexity index is 1100. The Labute approximate surface area is 182 Å². The van der Waals surface area contributed by atoms with Crippen LogP contribution in [0.3, 0.4) is 0 Å². The van der Waals surface area contributed by atoms with E-state index >= 15 is 0 Å². The van der Waals surface area contributed by atoms with E-state index in [-0.39, 0.29) is 17.1 Å². The van der Waals surface area contributed by atoms with Crippen molar-refractivity contribution in [1.82, 2.24) is 27.1 Å². The maximum absolute atomic E-state index is 13.3. The maximum Gasteiger partial charge on any atom is 0.622 e. The molecule has 3 rings (SSSR count). The van der Waals surface area contributed by atoms with Crippen molar-refractivity contribution in [1.29, 1.82) is 0 Å². The number of imidazole rings is 3. The lowest BCUT2D eigenvalue weighted by Gasteiger charge is -2.27. The lowest BCUT2D eigenvalue weighted by molar-refractivity contribution is 0.381. The average molecular weight is 429 g/mol. The van der Waals surface area contributed by atoms with E-state index in [1.54, 1.807) is 50.9 Å². The van der Waals surface area contributed by atoms with Crippen LogP contribution in [0.1, 0.15) is 62.3 Å². The largest absolute Gasteiger partial charge is 0.622 e. The molecule has 31 heavy (non-hydrogen) atoms. The van der Waals surface area contributed by atoms with Crippen molar-refractivity contribution in [2.24, 2.45) is 0 Å². The van der Waals surface area contributed by atoms with Gasteiger partial charge in [0.2, 0.25) is 0 Å². The van der Waals surface area contributed by atoms with E-state index in [9.17, 15) is 14.4 Å². The summed E-state index contributed by atoms with van der Waals surface area (Å²) in [7, 11) is -2.09. The second-order valence-corrected chi connectivity index (χ2v) is 11.2. The van der Waals surface area contributed by atoms with E-state index in [1.807, 2.05) is 62.3 Å². The quantitative estimate of drug-likeness (QED) is 0.467. The summed E-state index contributed by atoms with van der Waals surface area (Å²) < 4.78 is 9.37. The Morgan fingerprint density at radius 2 is 0.903 bits per heavy atom. The van der Waals surface area contributed by atoms with Gasteiger partial charge in [-0.1, -0.05) is 0 Å². The molecule has 1 radical (unpaired) electrons. The van der Waals surface area contributed by atoms with Crippen molar-refractivity contribution in [2.45, 2.75) is 78.9 Å². The zero-order chi connectivity index (χ0) is 23.5. The Kier molecular flexibility index (Phi) is 5.19. The van der Waals surface area contributed by atoms with E-state index in [0.29, 0.717) is 0 Å². The fraction of sp³-hybridized carbons (Fsp3) is 0.571. The summed E-state index contributed by atoms with van der Waals surface area (Å²) in [6.45, 7) is 17.4. The molecular formula is C21H34BN6O3. The lowest BCUT2D eigenvalue weighted by Crippen LogP contribution is -2.55. The molecule has 0 bridgehead atoms. The third kappa shape index (κ3) is 3.91. The van der Waals surface area contributed by atoms with Gasteiger partial charge >= 0.3 is 5.69 Å². The first-order valence-corrected chi connectivity index (χ1v) is 10.6. The Hall–Kier alpha value is -2.91. The molecule has 0 unspecified atom stereocenters. The summed E-state index contributed by atoms with van der Waals surface area (Å²) in [6, 6.07) is 0. The van der Waals surface area contributed by atoms with Crippen LogP contribution in [0.25, 0.3) is 0 Å². The summed E-state index contributed by atoms with van der Waals surface area (Å²) >= 11 is 0. The standard InChI is InChI=1S/C21H34BN6O3/c1-19(2,3)23-10-13-26(16(23)29)22(27-14-11-24(17(27)30)20(4,5)6)28-15-12-25(18(28)31)21(7,8)9/h10-15,22H,1-9H3. The van der Waals surface area contributed by atoms with Crippen LogP contribution < -0.4 is 17.1 Å². The third-order valence-electron chi connectivity index (χ3n) is 5.62. The van der Waals surface area contributed by atoms with Gasteiger partial charge in [-0.3, -0.25) is 18.7 Å². The maximum atomic E-state index is 13.3. The molecule has 0 saturated carbocycles. The van der Waals surface area contributed by atoms with Crippen molar-refractivity contribution in [3.8, 4) is 0 Å². The number of hydrogen-bond acceptors (Lipinski definition) is 3. The molecule has 0 aliphatic heterocycles. The van der Waals surface area contributed by atoms with Crippen LogP contribution in [0, 0.1) is 0 Å². The minimum atomic E-state index is -2.09. The van der Waals surface area contributed by atoms with Crippen molar-refractivity contribution >= 4 is 7.12 Å². The molecule has 0 amide bonds. The van der Waals surface area contributed by atoms with Gasteiger partial charge in [0.1, 0.15) is 0 Å². The molecule has 3 aromatic heterocycles. The molecule has 0 N–H and O–H groups in total. The molecule has 0 fully saturated rings. The number of rotatable bonds is 3. The van der Waals surface area contributed by atoms with E-state index in [1.165, 1.54) is 13.4 Å². The minimum absolute atomic E-state index is 0.265. The Morgan fingerprint density at radius 3 is 1.19 bits per heavy atom. The van der Waals surface area contributed by atoms with Crippen LogP contribution in [0.2, 0.25) is 0 Å². The summed E-state index contributed by atoms with van der Waals surface area (Å²) in [5.74, 6) is 0. The summed E-state index contributed by atoms with van der Waals surface area (Å²) in [5.41, 5.74) is -2.10. The van der Waals surface area contributed by atoms with Crippen molar-refractivity contribution < 1.29 is 0 Å². The van der Waals surface area contributed by atoms with Gasteiger partial charge in [0.05, 0.1) is 0 Å². The molecular weight excluding hydrogens is 395 g/mol. The fourth-order valence-corrected chi connectivity index (χ4v) is 3.91. The molecule has 9 nitrogen and oxygen atoms in total. The normalized spacial score (nSPS) is 13.4. The number of aromatic nitrogens is 6. The molecule has 169 valence electrons. The molecule has 10 heteroatoms. The van der Waals surface area contributed by atoms with Crippen molar-refractivity contribution in [2.75, 3.05) is 0 Å². The first-order valence-electron chi connectivity index (χ1n) is 10.6. The van der Waals surface area contributed by atoms with Crippen LogP contribution in [-0.4, -0.2) is 34.3 Å². The highest BCUT2D eigenvalue weighted by Gasteiger charge is 2.29. The van der Waals surface area contributed by atoms with Crippen LogP contribution in [-0.2, 0) is 16.6 Å². The molecule has 0 aromatic carbocycles. The zero-order valence-corrected chi connectivity index (χ0v) is 20.1. The smallest absolute Gasteiger partial charge is 0.437 e. The van der Waals surface area contributed by atoms with Gasteiger partial charge in [0.25, 0.3) is 23.3 Å². The van der Waals surface area contributed by atoms with Crippen LogP contribution >= 0.6 is 0 Å². The first-order chi connectivity index (χ1) is 14.0. The zero-order valence-electron chi connectivity index (χ0n) is 20.1. The highest BCUT2D eigenvalue weighted by atomic mass is 16.2. The van der Waals surface area contributed by atoms with Crippen molar-refractivity contribution in [3.63, 3.8) is 0 Å². The predicted molar refractivity (Wildman–Crippen MR) is 124 cm³/mol. The summed E-state index contributed by atoms with van der Waals surface area (Å²) in [5, 5.41) is 0. The second-order valence-electron chi connectivity index (χ2n) is 11.2. The number of nitrogens with zero attached hydrogens (tertiary/aromatic N) is 6. The summed E-state index contributed by atoms with van der Waals surface area (Å²) in [4.78, 5) is 40.0. The van der Waals surface area contributed by atoms with E-state index < -0.39 is 23.7 Å². The summed E-state index contributed by atoms with van der Waals surface area (Å²) in [6.07, 6.45) is 10.1. The van der Waals surface area contributed by atoms with Gasteiger partial charge < -0.3 is 13.4 Å². The molecule has 3 heterocycles.